The van der Waals surface area contributed by atoms with E-state index >= 15 is 0 Å². The molecule has 0 saturated heterocycles. The van der Waals surface area contributed by atoms with Crippen LogP contribution in [0.25, 0.3) is 0 Å². The standard InChI is InChI=1S/C21H15F2NO4/c22-16-8-3-1-6-14(16)12-27-20(25)18-10-5-11-19(24-18)21(26)28-13-15-7-2-4-9-17(15)23/h1-11H,12-13H2. The quantitative estimate of drug-likeness (QED) is 0.601. The molecule has 0 radical (unpaired) electrons. The van der Waals surface area contributed by atoms with Crippen LogP contribution in [0, 0.1) is 11.6 Å². The molecule has 0 saturated carbocycles. The number of rotatable bonds is 6. The molecule has 0 atom stereocenters. The molecule has 7 heteroatoms. The van der Waals surface area contributed by atoms with E-state index in [1.165, 1.54) is 54.6 Å². The van der Waals surface area contributed by atoms with E-state index in [1.54, 1.807) is 12.1 Å². The van der Waals surface area contributed by atoms with Crippen LogP contribution >= 0.6 is 0 Å². The van der Waals surface area contributed by atoms with E-state index < -0.39 is 23.6 Å². The maximum atomic E-state index is 13.6. The summed E-state index contributed by atoms with van der Waals surface area (Å²) in [6.45, 7) is -0.537. The van der Waals surface area contributed by atoms with Crippen molar-refractivity contribution >= 4 is 11.9 Å². The van der Waals surface area contributed by atoms with Gasteiger partial charge >= 0.3 is 11.9 Å². The molecule has 5 nitrogen and oxygen atoms in total. The maximum absolute atomic E-state index is 13.6. The van der Waals surface area contributed by atoms with Crippen molar-refractivity contribution in [2.24, 2.45) is 0 Å². The van der Waals surface area contributed by atoms with Crippen LogP contribution in [0.5, 0.6) is 0 Å². The number of hydrogen-bond acceptors (Lipinski definition) is 5. The fourth-order valence-corrected chi connectivity index (χ4v) is 2.33. The Morgan fingerprint density at radius 3 is 1.54 bits per heavy atom. The number of aromatic nitrogens is 1. The van der Waals surface area contributed by atoms with Gasteiger partial charge in [-0.05, 0) is 24.3 Å². The molecule has 0 fully saturated rings. The Morgan fingerprint density at radius 2 is 1.11 bits per heavy atom. The molecule has 1 aromatic heterocycles. The summed E-state index contributed by atoms with van der Waals surface area (Å²) in [4.78, 5) is 28.1. The Hall–Kier alpha value is -3.61. The first-order valence-electron chi connectivity index (χ1n) is 8.32. The molecule has 0 amide bonds. The van der Waals surface area contributed by atoms with E-state index in [4.69, 9.17) is 9.47 Å². The maximum Gasteiger partial charge on any atom is 0.357 e. The van der Waals surface area contributed by atoms with Crippen LogP contribution in [0.1, 0.15) is 32.1 Å². The van der Waals surface area contributed by atoms with Gasteiger partial charge < -0.3 is 9.47 Å². The zero-order valence-corrected chi connectivity index (χ0v) is 14.6. The van der Waals surface area contributed by atoms with E-state index in [9.17, 15) is 18.4 Å². The van der Waals surface area contributed by atoms with Gasteiger partial charge in [-0.1, -0.05) is 42.5 Å². The van der Waals surface area contributed by atoms with E-state index in [0.717, 1.165) is 0 Å². The van der Waals surface area contributed by atoms with Crippen molar-refractivity contribution in [3.63, 3.8) is 0 Å². The van der Waals surface area contributed by atoms with Crippen molar-refractivity contribution in [3.05, 3.63) is 101 Å². The number of hydrogen-bond donors (Lipinski definition) is 0. The largest absolute Gasteiger partial charge is 0.456 e. The Labute approximate surface area is 159 Å². The third-order valence-corrected chi connectivity index (χ3v) is 3.80. The molecule has 0 N–H and O–H groups in total. The third kappa shape index (κ3) is 4.76. The van der Waals surface area contributed by atoms with Crippen LogP contribution in [0.15, 0.2) is 66.7 Å². The van der Waals surface area contributed by atoms with E-state index in [1.807, 2.05) is 0 Å². The van der Waals surface area contributed by atoms with Gasteiger partial charge in [0, 0.05) is 11.1 Å². The van der Waals surface area contributed by atoms with Crippen molar-refractivity contribution in [1.82, 2.24) is 4.98 Å². The SMILES string of the molecule is O=C(OCc1ccccc1F)c1cccc(C(=O)OCc2ccccc2F)n1. The number of esters is 2. The highest BCUT2D eigenvalue weighted by atomic mass is 19.1. The van der Waals surface area contributed by atoms with E-state index in [0.29, 0.717) is 0 Å². The molecule has 1 heterocycles. The number of carbonyl (C=O) groups is 2. The van der Waals surface area contributed by atoms with Gasteiger partial charge in [0.25, 0.3) is 0 Å². The van der Waals surface area contributed by atoms with Crippen molar-refractivity contribution in [2.45, 2.75) is 13.2 Å². The average Bonchev–Trinajstić information content (AvgIpc) is 2.72. The van der Waals surface area contributed by atoms with Gasteiger partial charge in [-0.25, -0.2) is 23.4 Å². The summed E-state index contributed by atoms with van der Waals surface area (Å²) < 4.78 is 37.2. The lowest BCUT2D eigenvalue weighted by molar-refractivity contribution is 0.0453. The average molecular weight is 383 g/mol. The Morgan fingerprint density at radius 1 is 0.679 bits per heavy atom. The Balaban J connectivity index is 1.62. The highest BCUT2D eigenvalue weighted by molar-refractivity contribution is 5.91. The first-order chi connectivity index (χ1) is 13.5. The molecule has 3 rings (SSSR count). The van der Waals surface area contributed by atoms with Gasteiger partial charge in [0.15, 0.2) is 0 Å². The van der Waals surface area contributed by atoms with Crippen molar-refractivity contribution < 1.29 is 27.8 Å². The first-order valence-corrected chi connectivity index (χ1v) is 8.32. The molecule has 0 unspecified atom stereocenters. The zero-order chi connectivity index (χ0) is 19.9. The fourth-order valence-electron chi connectivity index (χ4n) is 2.33. The molecule has 0 aliphatic rings. The first kappa shape index (κ1) is 19.2. The number of ether oxygens (including phenoxy) is 2. The van der Waals surface area contributed by atoms with Crippen molar-refractivity contribution in [1.29, 1.82) is 0 Å². The molecule has 142 valence electrons. The number of halogens is 2. The summed E-state index contributed by atoms with van der Waals surface area (Å²) in [7, 11) is 0. The minimum absolute atomic E-state index is 0.128. The number of benzene rings is 2. The minimum Gasteiger partial charge on any atom is -0.456 e. The lowest BCUT2D eigenvalue weighted by Crippen LogP contribution is -2.13. The normalized spacial score (nSPS) is 10.4. The summed E-state index contributed by atoms with van der Waals surface area (Å²) in [5, 5.41) is 0. The zero-order valence-electron chi connectivity index (χ0n) is 14.6. The predicted octanol–water partition coefficient (Wildman–Crippen LogP) is 4.07. The second-order valence-electron chi connectivity index (χ2n) is 5.74. The van der Waals surface area contributed by atoms with E-state index in [-0.39, 0.29) is 35.7 Å². The number of carbonyl (C=O) groups excluding carboxylic acids is 2. The topological polar surface area (TPSA) is 65.5 Å². The summed E-state index contributed by atoms with van der Waals surface area (Å²) in [5.41, 5.74) is 0.181. The summed E-state index contributed by atoms with van der Waals surface area (Å²) in [5.74, 6) is -2.61. The van der Waals surface area contributed by atoms with Crippen LogP contribution < -0.4 is 0 Å². The van der Waals surface area contributed by atoms with Gasteiger partial charge in [0.2, 0.25) is 0 Å². The van der Waals surface area contributed by atoms with Crippen molar-refractivity contribution in [3.8, 4) is 0 Å². The van der Waals surface area contributed by atoms with Crippen LogP contribution in [0.3, 0.4) is 0 Å². The van der Waals surface area contributed by atoms with Gasteiger partial charge in [0.05, 0.1) is 0 Å². The molecule has 2 aromatic carbocycles. The Kier molecular flexibility index (Phi) is 6.06. The van der Waals surface area contributed by atoms with Crippen LogP contribution in [0.2, 0.25) is 0 Å². The molecule has 0 bridgehead atoms. The fraction of sp³-hybridized carbons (Fsp3) is 0.0952. The predicted molar refractivity (Wildman–Crippen MR) is 95.3 cm³/mol. The lowest BCUT2D eigenvalue weighted by Gasteiger charge is -2.08. The highest BCUT2D eigenvalue weighted by Gasteiger charge is 2.16. The molecule has 0 spiro atoms. The monoisotopic (exact) mass is 383 g/mol. The molecule has 0 aliphatic carbocycles. The Bertz CT molecular complexity index is 930. The van der Waals surface area contributed by atoms with Crippen LogP contribution in [-0.4, -0.2) is 16.9 Å². The van der Waals surface area contributed by atoms with Gasteiger partial charge in [-0.2, -0.15) is 0 Å². The molecule has 28 heavy (non-hydrogen) atoms. The van der Waals surface area contributed by atoms with Gasteiger partial charge in [-0.3, -0.25) is 0 Å². The second-order valence-corrected chi connectivity index (χ2v) is 5.74. The molecular weight excluding hydrogens is 368 g/mol. The van der Waals surface area contributed by atoms with E-state index in [2.05, 4.69) is 4.98 Å². The summed E-state index contributed by atoms with van der Waals surface area (Å²) >= 11 is 0. The van der Waals surface area contributed by atoms with Gasteiger partial charge in [0.1, 0.15) is 36.2 Å². The molecule has 0 aliphatic heterocycles. The third-order valence-electron chi connectivity index (χ3n) is 3.80. The summed E-state index contributed by atoms with van der Waals surface area (Å²) in [6, 6.07) is 16.0. The number of nitrogens with zero attached hydrogens (tertiary/aromatic N) is 1. The highest BCUT2D eigenvalue weighted by Crippen LogP contribution is 2.12. The molecular formula is C21H15F2NO4. The smallest absolute Gasteiger partial charge is 0.357 e. The summed E-state index contributed by atoms with van der Waals surface area (Å²) in [6.07, 6.45) is 0. The lowest BCUT2D eigenvalue weighted by atomic mass is 10.2. The van der Waals surface area contributed by atoms with Crippen molar-refractivity contribution in [2.75, 3.05) is 0 Å². The number of pyridine rings is 1. The van der Waals surface area contributed by atoms with Crippen LogP contribution in [-0.2, 0) is 22.7 Å². The minimum atomic E-state index is -0.813. The second kappa shape index (κ2) is 8.85. The van der Waals surface area contributed by atoms with Crippen LogP contribution in [0.4, 0.5) is 8.78 Å². The molecule has 3 aromatic rings. The van der Waals surface area contributed by atoms with Gasteiger partial charge in [-0.15, -0.1) is 0 Å².